The average molecular weight is 426 g/mol. The molecule has 112 valence electrons. The van der Waals surface area contributed by atoms with Crippen LogP contribution in [0.1, 0.15) is 19.8 Å². The van der Waals surface area contributed by atoms with Gasteiger partial charge in [-0.1, -0.05) is 11.6 Å². The van der Waals surface area contributed by atoms with Crippen molar-refractivity contribution in [1.29, 1.82) is 0 Å². The zero-order chi connectivity index (χ0) is 13.5. The first-order valence-corrected chi connectivity index (χ1v) is 8.07. The molecule has 0 saturated heterocycles. The molecule has 1 aliphatic rings. The van der Waals surface area contributed by atoms with Crippen molar-refractivity contribution in [3.63, 3.8) is 0 Å². The van der Waals surface area contributed by atoms with Gasteiger partial charge in [0.15, 0.2) is 5.96 Å². The fourth-order valence-electron chi connectivity index (χ4n) is 1.59. The summed E-state index contributed by atoms with van der Waals surface area (Å²) in [4.78, 5) is 5.81. The fourth-order valence-corrected chi connectivity index (χ4v) is 2.47. The summed E-state index contributed by atoms with van der Waals surface area (Å²) >= 11 is 7.66. The van der Waals surface area contributed by atoms with Gasteiger partial charge in [0.2, 0.25) is 0 Å². The van der Waals surface area contributed by atoms with Crippen LogP contribution in [-0.4, -0.2) is 30.8 Å². The van der Waals surface area contributed by atoms with Gasteiger partial charge < -0.3 is 10.6 Å². The summed E-state index contributed by atoms with van der Waals surface area (Å²) in [5.74, 6) is 1.92. The van der Waals surface area contributed by atoms with Crippen LogP contribution in [0.3, 0.4) is 0 Å². The quantitative estimate of drug-likeness (QED) is 0.239. The Morgan fingerprint density at radius 3 is 2.65 bits per heavy atom. The van der Waals surface area contributed by atoms with Crippen LogP contribution >= 0.6 is 47.3 Å². The normalized spacial score (nSPS) is 14.6. The topological polar surface area (TPSA) is 36.4 Å². The van der Waals surface area contributed by atoms with Gasteiger partial charge in [-0.05, 0) is 44.0 Å². The van der Waals surface area contributed by atoms with Crippen molar-refractivity contribution >= 4 is 53.3 Å². The number of hydrogen-bond donors (Lipinski definition) is 2. The van der Waals surface area contributed by atoms with Gasteiger partial charge in [-0.2, -0.15) is 0 Å². The van der Waals surface area contributed by atoms with Gasteiger partial charge in [0.05, 0.1) is 6.54 Å². The minimum Gasteiger partial charge on any atom is -0.357 e. The number of nitrogens with zero attached hydrogens (tertiary/aromatic N) is 1. The van der Waals surface area contributed by atoms with Crippen molar-refractivity contribution in [3.8, 4) is 0 Å². The van der Waals surface area contributed by atoms with Gasteiger partial charge in [0.25, 0.3) is 0 Å². The number of benzene rings is 1. The maximum absolute atomic E-state index is 5.86. The molecule has 0 atom stereocenters. The number of nitrogens with one attached hydrogen (secondary N) is 2. The van der Waals surface area contributed by atoms with Gasteiger partial charge in [-0.3, -0.25) is 4.99 Å². The second kappa shape index (κ2) is 9.73. The first kappa shape index (κ1) is 17.9. The van der Waals surface area contributed by atoms with E-state index in [4.69, 9.17) is 11.6 Å². The zero-order valence-electron chi connectivity index (χ0n) is 11.6. The van der Waals surface area contributed by atoms with Crippen LogP contribution in [-0.2, 0) is 0 Å². The van der Waals surface area contributed by atoms with Gasteiger partial charge in [0.1, 0.15) is 0 Å². The minimum absolute atomic E-state index is 0. The van der Waals surface area contributed by atoms with E-state index in [1.165, 1.54) is 17.7 Å². The number of hydrogen-bond acceptors (Lipinski definition) is 2. The van der Waals surface area contributed by atoms with Crippen LogP contribution in [0.25, 0.3) is 0 Å². The van der Waals surface area contributed by atoms with Crippen molar-refractivity contribution in [3.05, 3.63) is 29.3 Å². The third kappa shape index (κ3) is 7.04. The molecule has 0 heterocycles. The molecule has 0 aromatic heterocycles. The first-order chi connectivity index (χ1) is 9.28. The van der Waals surface area contributed by atoms with Crippen LogP contribution in [0.15, 0.2) is 34.2 Å². The molecule has 2 N–H and O–H groups in total. The fraction of sp³-hybridized carbons (Fsp3) is 0.500. The molecule has 6 heteroatoms. The molecule has 0 aliphatic heterocycles. The van der Waals surface area contributed by atoms with Gasteiger partial charge in [0, 0.05) is 28.3 Å². The molecule has 0 unspecified atom stereocenters. The van der Waals surface area contributed by atoms with E-state index < -0.39 is 0 Å². The zero-order valence-corrected chi connectivity index (χ0v) is 15.5. The number of aliphatic imine (C=N–C) groups is 1. The van der Waals surface area contributed by atoms with E-state index in [1.54, 1.807) is 11.8 Å². The van der Waals surface area contributed by atoms with Crippen molar-refractivity contribution in [1.82, 2.24) is 10.6 Å². The van der Waals surface area contributed by atoms with Crippen molar-refractivity contribution < 1.29 is 0 Å². The van der Waals surface area contributed by atoms with E-state index >= 15 is 0 Å². The largest absolute Gasteiger partial charge is 0.357 e. The highest BCUT2D eigenvalue weighted by atomic mass is 127. The first-order valence-electron chi connectivity index (χ1n) is 6.71. The van der Waals surface area contributed by atoms with Crippen LogP contribution in [0.4, 0.5) is 0 Å². The molecule has 1 aliphatic carbocycles. The van der Waals surface area contributed by atoms with E-state index in [1.807, 2.05) is 24.3 Å². The molecule has 1 saturated carbocycles. The van der Waals surface area contributed by atoms with E-state index in [-0.39, 0.29) is 24.0 Å². The molecule has 2 rings (SSSR count). The third-order valence-corrected chi connectivity index (χ3v) is 3.95. The molecule has 1 fully saturated rings. The number of halogens is 2. The molecule has 20 heavy (non-hydrogen) atoms. The van der Waals surface area contributed by atoms with Gasteiger partial charge in [-0.25, -0.2) is 0 Å². The highest BCUT2D eigenvalue weighted by molar-refractivity contribution is 14.0. The predicted molar refractivity (Wildman–Crippen MR) is 99.7 cm³/mol. The third-order valence-electron chi connectivity index (χ3n) is 2.71. The highest BCUT2D eigenvalue weighted by Gasteiger charge is 2.21. The number of guanidine groups is 1. The standard InChI is InChI=1S/C14H20ClN3S.HI/c1-2-16-14(18-12-5-6-12)17-9-10-19-13-7-3-11(15)4-8-13;/h3-4,7-8,12H,2,5-6,9-10H2,1H3,(H2,16,17,18);1H. The lowest BCUT2D eigenvalue weighted by atomic mass is 10.4. The summed E-state index contributed by atoms with van der Waals surface area (Å²) in [5.41, 5.74) is 0. The van der Waals surface area contributed by atoms with Crippen molar-refractivity contribution in [2.75, 3.05) is 18.8 Å². The molecule has 1 aromatic rings. The summed E-state index contributed by atoms with van der Waals surface area (Å²) in [6.07, 6.45) is 2.54. The Kier molecular flexibility index (Phi) is 8.72. The van der Waals surface area contributed by atoms with Crippen molar-refractivity contribution in [2.45, 2.75) is 30.7 Å². The van der Waals surface area contributed by atoms with E-state index in [2.05, 4.69) is 22.5 Å². The van der Waals surface area contributed by atoms with E-state index in [0.29, 0.717) is 6.04 Å². The summed E-state index contributed by atoms with van der Waals surface area (Å²) in [7, 11) is 0. The monoisotopic (exact) mass is 425 g/mol. The Labute approximate surface area is 147 Å². The van der Waals surface area contributed by atoms with E-state index in [0.717, 1.165) is 29.8 Å². The second-order valence-electron chi connectivity index (χ2n) is 4.48. The second-order valence-corrected chi connectivity index (χ2v) is 6.09. The van der Waals surface area contributed by atoms with Crippen LogP contribution in [0.5, 0.6) is 0 Å². The maximum atomic E-state index is 5.86. The Balaban J connectivity index is 0.00000200. The molecular formula is C14H21ClIN3S. The van der Waals surface area contributed by atoms with Crippen LogP contribution in [0.2, 0.25) is 5.02 Å². The number of rotatable bonds is 6. The lowest BCUT2D eigenvalue weighted by Crippen LogP contribution is -2.38. The lowest BCUT2D eigenvalue weighted by Gasteiger charge is -2.09. The maximum Gasteiger partial charge on any atom is 0.191 e. The smallest absolute Gasteiger partial charge is 0.191 e. The highest BCUT2D eigenvalue weighted by Crippen LogP contribution is 2.20. The Morgan fingerprint density at radius 2 is 2.05 bits per heavy atom. The SMILES string of the molecule is CCNC(=NCCSc1ccc(Cl)cc1)NC1CC1.I. The van der Waals surface area contributed by atoms with E-state index in [9.17, 15) is 0 Å². The molecular weight excluding hydrogens is 405 g/mol. The molecule has 3 nitrogen and oxygen atoms in total. The molecule has 0 radical (unpaired) electrons. The molecule has 0 spiro atoms. The van der Waals surface area contributed by atoms with Gasteiger partial charge in [-0.15, -0.1) is 35.7 Å². The van der Waals surface area contributed by atoms with Gasteiger partial charge >= 0.3 is 0 Å². The predicted octanol–water partition coefficient (Wildman–Crippen LogP) is 3.77. The summed E-state index contributed by atoms with van der Waals surface area (Å²) in [5, 5.41) is 7.47. The minimum atomic E-state index is 0. The summed E-state index contributed by atoms with van der Waals surface area (Å²) in [6.45, 7) is 3.81. The lowest BCUT2D eigenvalue weighted by molar-refractivity contribution is 0.817. The Morgan fingerprint density at radius 1 is 1.35 bits per heavy atom. The molecule has 1 aromatic carbocycles. The molecule has 0 amide bonds. The Bertz CT molecular complexity index is 421. The van der Waals surface area contributed by atoms with Crippen LogP contribution in [0, 0.1) is 0 Å². The molecule has 0 bridgehead atoms. The van der Waals surface area contributed by atoms with Crippen molar-refractivity contribution in [2.24, 2.45) is 4.99 Å². The average Bonchev–Trinajstić information content (AvgIpc) is 3.21. The summed E-state index contributed by atoms with van der Waals surface area (Å²) < 4.78 is 0. The summed E-state index contributed by atoms with van der Waals surface area (Å²) in [6, 6.07) is 8.58. The van der Waals surface area contributed by atoms with Crippen LogP contribution < -0.4 is 10.6 Å². The number of thioether (sulfide) groups is 1. The Hall–Kier alpha value is -0.140.